The largest absolute Gasteiger partial charge is 0.481 e. The molecule has 1 rings (SSSR count). The summed E-state index contributed by atoms with van der Waals surface area (Å²) in [5.41, 5.74) is 0. The van der Waals surface area contributed by atoms with Gasteiger partial charge in [-0.3, -0.25) is 19.3 Å². The van der Waals surface area contributed by atoms with E-state index in [9.17, 15) is 14.4 Å². The molecule has 0 aliphatic carbocycles. The van der Waals surface area contributed by atoms with Crippen LogP contribution in [0.5, 0.6) is 0 Å². The first-order valence-electron chi connectivity index (χ1n) is 6.59. The topological polar surface area (TPSA) is 74.7 Å². The lowest BCUT2D eigenvalue weighted by molar-refractivity contribution is -0.148. The second-order valence-corrected chi connectivity index (χ2v) is 4.79. The molecule has 0 aromatic heterocycles. The molecule has 0 saturated carbocycles. The maximum Gasteiger partial charge on any atom is 0.303 e. The molecule has 0 spiro atoms. The van der Waals surface area contributed by atoms with E-state index in [1.807, 2.05) is 6.92 Å². The van der Waals surface area contributed by atoms with Gasteiger partial charge in [0.25, 0.3) is 0 Å². The average Bonchev–Trinajstić information content (AvgIpc) is 2.32. The molecular weight excluding hydrogens is 234 g/mol. The zero-order valence-corrected chi connectivity index (χ0v) is 10.9. The van der Waals surface area contributed by atoms with Crippen molar-refractivity contribution < 1.29 is 19.5 Å². The van der Waals surface area contributed by atoms with Crippen LogP contribution in [0, 0.1) is 5.92 Å². The summed E-state index contributed by atoms with van der Waals surface area (Å²) in [4.78, 5) is 35.0. The van der Waals surface area contributed by atoms with Crippen molar-refractivity contribution in [2.24, 2.45) is 5.92 Å². The Kier molecular flexibility index (Phi) is 5.82. The molecule has 102 valence electrons. The highest BCUT2D eigenvalue weighted by Gasteiger charge is 2.26. The van der Waals surface area contributed by atoms with Gasteiger partial charge in [-0.2, -0.15) is 0 Å². The van der Waals surface area contributed by atoms with E-state index in [1.165, 1.54) is 4.90 Å². The number of nitrogens with zero attached hydrogens (tertiary/aromatic N) is 1. The summed E-state index contributed by atoms with van der Waals surface area (Å²) in [6, 6.07) is 0. The van der Waals surface area contributed by atoms with Crippen LogP contribution >= 0.6 is 0 Å². The minimum atomic E-state index is -0.793. The van der Waals surface area contributed by atoms with Crippen LogP contribution in [0.4, 0.5) is 0 Å². The quantitative estimate of drug-likeness (QED) is 0.704. The maximum absolute atomic E-state index is 11.6. The van der Waals surface area contributed by atoms with Gasteiger partial charge in [0.15, 0.2) is 0 Å². The molecule has 5 heteroatoms. The average molecular weight is 255 g/mol. The third-order valence-electron chi connectivity index (χ3n) is 3.49. The zero-order chi connectivity index (χ0) is 13.5. The summed E-state index contributed by atoms with van der Waals surface area (Å²) in [7, 11) is 0. The van der Waals surface area contributed by atoms with Crippen molar-refractivity contribution in [1.29, 1.82) is 0 Å². The van der Waals surface area contributed by atoms with E-state index in [0.717, 1.165) is 6.42 Å². The predicted molar refractivity (Wildman–Crippen MR) is 65.8 cm³/mol. The molecule has 0 radical (unpaired) electrons. The van der Waals surface area contributed by atoms with Crippen molar-refractivity contribution in [2.45, 2.75) is 51.9 Å². The van der Waals surface area contributed by atoms with E-state index in [-0.39, 0.29) is 24.2 Å². The Hall–Kier alpha value is -1.39. The molecular formula is C13H21NO4. The van der Waals surface area contributed by atoms with E-state index in [1.54, 1.807) is 0 Å². The molecule has 1 atom stereocenters. The van der Waals surface area contributed by atoms with Gasteiger partial charge in [-0.25, -0.2) is 0 Å². The second kappa shape index (κ2) is 7.13. The van der Waals surface area contributed by atoms with Gasteiger partial charge in [-0.15, -0.1) is 0 Å². The molecule has 1 heterocycles. The van der Waals surface area contributed by atoms with Crippen molar-refractivity contribution >= 4 is 17.8 Å². The summed E-state index contributed by atoms with van der Waals surface area (Å²) in [5.74, 6) is -0.694. The van der Waals surface area contributed by atoms with Crippen molar-refractivity contribution in [3.05, 3.63) is 0 Å². The lowest BCUT2D eigenvalue weighted by Gasteiger charge is -2.26. The maximum atomic E-state index is 11.6. The van der Waals surface area contributed by atoms with Crippen molar-refractivity contribution in [1.82, 2.24) is 4.90 Å². The number of imide groups is 1. The van der Waals surface area contributed by atoms with Gasteiger partial charge in [0.2, 0.25) is 11.8 Å². The number of hydrogen-bond acceptors (Lipinski definition) is 3. The minimum absolute atomic E-state index is 0.0839. The fourth-order valence-electron chi connectivity index (χ4n) is 2.24. The number of piperidine rings is 1. The van der Waals surface area contributed by atoms with Gasteiger partial charge in [-0.1, -0.05) is 13.3 Å². The van der Waals surface area contributed by atoms with E-state index < -0.39 is 5.97 Å². The molecule has 1 aliphatic rings. The Labute approximate surface area is 107 Å². The number of carboxylic acid groups (broad SMARTS) is 1. The van der Waals surface area contributed by atoms with E-state index in [2.05, 4.69) is 0 Å². The molecule has 5 nitrogen and oxygen atoms in total. The minimum Gasteiger partial charge on any atom is -0.481 e. The monoisotopic (exact) mass is 255 g/mol. The number of carboxylic acids is 1. The SMILES string of the molecule is CCC(CCC(=O)O)CCN1C(=O)CCCC1=O. The van der Waals surface area contributed by atoms with Crippen LogP contribution in [-0.4, -0.2) is 34.3 Å². The number of aliphatic carboxylic acids is 1. The van der Waals surface area contributed by atoms with Crippen molar-refractivity contribution in [3.63, 3.8) is 0 Å². The van der Waals surface area contributed by atoms with E-state index in [4.69, 9.17) is 5.11 Å². The van der Waals surface area contributed by atoms with Crippen LogP contribution in [0.2, 0.25) is 0 Å². The Morgan fingerprint density at radius 3 is 2.39 bits per heavy atom. The number of likely N-dealkylation sites (tertiary alicyclic amines) is 1. The molecule has 1 N–H and O–H groups in total. The standard InChI is InChI=1S/C13H21NO4/c1-2-10(6-7-13(17)18)8-9-14-11(15)4-3-5-12(14)16/h10H,2-9H2,1H3,(H,17,18). The Morgan fingerprint density at radius 1 is 1.28 bits per heavy atom. The Morgan fingerprint density at radius 2 is 1.89 bits per heavy atom. The molecule has 0 aromatic rings. The Balaban J connectivity index is 2.38. The molecule has 18 heavy (non-hydrogen) atoms. The molecule has 1 aliphatic heterocycles. The Bertz CT molecular complexity index is 311. The first kappa shape index (κ1) is 14.7. The fraction of sp³-hybridized carbons (Fsp3) is 0.769. The van der Waals surface area contributed by atoms with E-state index in [0.29, 0.717) is 38.6 Å². The molecule has 1 unspecified atom stereocenters. The number of rotatable bonds is 7. The highest BCUT2D eigenvalue weighted by Crippen LogP contribution is 2.19. The molecule has 2 amide bonds. The zero-order valence-electron chi connectivity index (χ0n) is 10.9. The number of hydrogen-bond donors (Lipinski definition) is 1. The number of carbonyl (C=O) groups is 3. The third-order valence-corrected chi connectivity index (χ3v) is 3.49. The molecule has 0 bridgehead atoms. The van der Waals surface area contributed by atoms with E-state index >= 15 is 0 Å². The predicted octanol–water partition coefficient (Wildman–Crippen LogP) is 1.81. The summed E-state index contributed by atoms with van der Waals surface area (Å²) in [6.07, 6.45) is 3.92. The smallest absolute Gasteiger partial charge is 0.303 e. The summed E-state index contributed by atoms with van der Waals surface area (Å²) in [6.45, 7) is 2.45. The van der Waals surface area contributed by atoms with Crippen LogP contribution in [0.1, 0.15) is 51.9 Å². The normalized spacial score (nSPS) is 17.9. The molecule has 0 aromatic carbocycles. The fourth-order valence-corrected chi connectivity index (χ4v) is 2.24. The first-order valence-corrected chi connectivity index (χ1v) is 6.59. The second-order valence-electron chi connectivity index (χ2n) is 4.79. The summed E-state index contributed by atoms with van der Waals surface area (Å²) in [5, 5.41) is 8.64. The van der Waals surface area contributed by atoms with Crippen LogP contribution < -0.4 is 0 Å². The third kappa shape index (κ3) is 4.47. The summed E-state index contributed by atoms with van der Waals surface area (Å²) < 4.78 is 0. The van der Waals surface area contributed by atoms with Gasteiger partial charge in [0, 0.05) is 25.8 Å². The lowest BCUT2D eigenvalue weighted by Crippen LogP contribution is -2.41. The molecule has 1 saturated heterocycles. The summed E-state index contributed by atoms with van der Waals surface area (Å²) >= 11 is 0. The van der Waals surface area contributed by atoms with Gasteiger partial charge < -0.3 is 5.11 Å². The number of amides is 2. The van der Waals surface area contributed by atoms with Crippen molar-refractivity contribution in [3.8, 4) is 0 Å². The number of carbonyl (C=O) groups excluding carboxylic acids is 2. The van der Waals surface area contributed by atoms with Gasteiger partial charge >= 0.3 is 5.97 Å². The van der Waals surface area contributed by atoms with Crippen LogP contribution in [-0.2, 0) is 14.4 Å². The highest BCUT2D eigenvalue weighted by atomic mass is 16.4. The van der Waals surface area contributed by atoms with Gasteiger partial charge in [0.1, 0.15) is 0 Å². The first-order chi connectivity index (χ1) is 8.54. The highest BCUT2D eigenvalue weighted by molar-refractivity contribution is 5.97. The van der Waals surface area contributed by atoms with Gasteiger partial charge in [-0.05, 0) is 25.2 Å². The molecule has 1 fully saturated rings. The van der Waals surface area contributed by atoms with Crippen LogP contribution in [0.25, 0.3) is 0 Å². The van der Waals surface area contributed by atoms with Crippen molar-refractivity contribution in [2.75, 3.05) is 6.54 Å². The van der Waals surface area contributed by atoms with Gasteiger partial charge in [0.05, 0.1) is 0 Å². The van der Waals surface area contributed by atoms with Crippen LogP contribution in [0.3, 0.4) is 0 Å². The lowest BCUT2D eigenvalue weighted by atomic mass is 9.96. The van der Waals surface area contributed by atoms with Crippen LogP contribution in [0.15, 0.2) is 0 Å².